The SMILES string of the molecule is Cc1csc(CNc2cccnc2-n2cncn2)n1. The van der Waals surface area contributed by atoms with Gasteiger partial charge in [0.25, 0.3) is 0 Å². The lowest BCUT2D eigenvalue weighted by Crippen LogP contribution is -2.06. The van der Waals surface area contributed by atoms with E-state index >= 15 is 0 Å². The van der Waals surface area contributed by atoms with Crippen LogP contribution in [0.2, 0.25) is 0 Å². The van der Waals surface area contributed by atoms with Crippen molar-refractivity contribution < 1.29 is 0 Å². The van der Waals surface area contributed by atoms with Crippen LogP contribution in [0.15, 0.2) is 36.4 Å². The normalized spacial score (nSPS) is 10.6. The van der Waals surface area contributed by atoms with E-state index in [0.29, 0.717) is 6.54 Å². The highest BCUT2D eigenvalue weighted by atomic mass is 32.1. The monoisotopic (exact) mass is 272 g/mol. The van der Waals surface area contributed by atoms with E-state index in [4.69, 9.17) is 0 Å². The molecule has 0 amide bonds. The van der Waals surface area contributed by atoms with Crippen molar-refractivity contribution in [2.75, 3.05) is 5.32 Å². The highest BCUT2D eigenvalue weighted by molar-refractivity contribution is 7.09. The molecule has 0 unspecified atom stereocenters. The van der Waals surface area contributed by atoms with Crippen LogP contribution in [0, 0.1) is 6.92 Å². The van der Waals surface area contributed by atoms with Crippen molar-refractivity contribution >= 4 is 17.0 Å². The molecule has 7 heteroatoms. The smallest absolute Gasteiger partial charge is 0.178 e. The van der Waals surface area contributed by atoms with E-state index in [9.17, 15) is 0 Å². The summed E-state index contributed by atoms with van der Waals surface area (Å²) in [6.45, 7) is 2.66. The zero-order chi connectivity index (χ0) is 13.1. The number of aryl methyl sites for hydroxylation is 1. The summed E-state index contributed by atoms with van der Waals surface area (Å²) >= 11 is 1.64. The first-order chi connectivity index (χ1) is 9.33. The molecule has 0 saturated carbocycles. The van der Waals surface area contributed by atoms with Crippen LogP contribution in [0.4, 0.5) is 5.69 Å². The predicted molar refractivity (Wildman–Crippen MR) is 73.3 cm³/mol. The number of pyridine rings is 1. The average Bonchev–Trinajstić information content (AvgIpc) is 3.08. The van der Waals surface area contributed by atoms with Gasteiger partial charge in [-0.25, -0.2) is 19.6 Å². The molecule has 0 aromatic carbocycles. The molecule has 3 rings (SSSR count). The van der Waals surface area contributed by atoms with Crippen LogP contribution >= 0.6 is 11.3 Å². The molecule has 3 heterocycles. The van der Waals surface area contributed by atoms with Crippen molar-refractivity contribution in [3.05, 3.63) is 47.1 Å². The van der Waals surface area contributed by atoms with E-state index in [1.54, 1.807) is 28.5 Å². The standard InChI is InChI=1S/C12H12N6S/c1-9-6-19-11(17-9)5-15-10-3-2-4-14-12(10)18-8-13-7-16-18/h2-4,6-8,15H,5H2,1H3. The van der Waals surface area contributed by atoms with Gasteiger partial charge in [-0.15, -0.1) is 11.3 Å². The van der Waals surface area contributed by atoms with Crippen LogP contribution in [0.25, 0.3) is 5.82 Å². The van der Waals surface area contributed by atoms with E-state index in [-0.39, 0.29) is 0 Å². The Kier molecular flexibility index (Phi) is 3.20. The molecule has 0 atom stereocenters. The number of anilines is 1. The first-order valence-corrected chi connectivity index (χ1v) is 6.66. The maximum Gasteiger partial charge on any atom is 0.178 e. The van der Waals surface area contributed by atoms with Crippen molar-refractivity contribution in [2.24, 2.45) is 0 Å². The Hall–Kier alpha value is -2.28. The molecule has 19 heavy (non-hydrogen) atoms. The van der Waals surface area contributed by atoms with E-state index in [1.807, 2.05) is 24.4 Å². The van der Waals surface area contributed by atoms with E-state index in [0.717, 1.165) is 22.2 Å². The Bertz CT molecular complexity index is 660. The summed E-state index contributed by atoms with van der Waals surface area (Å²) < 4.78 is 1.63. The molecule has 0 fully saturated rings. The fourth-order valence-corrected chi connectivity index (χ4v) is 2.40. The molecule has 0 saturated heterocycles. The van der Waals surface area contributed by atoms with Gasteiger partial charge in [0, 0.05) is 17.3 Å². The number of nitrogens with one attached hydrogen (secondary N) is 1. The first kappa shape index (κ1) is 11.8. The van der Waals surface area contributed by atoms with Crippen molar-refractivity contribution in [1.29, 1.82) is 0 Å². The van der Waals surface area contributed by atoms with Gasteiger partial charge in [-0.05, 0) is 19.1 Å². The third-order valence-corrected chi connectivity index (χ3v) is 3.49. The van der Waals surface area contributed by atoms with Gasteiger partial charge in [-0.1, -0.05) is 0 Å². The highest BCUT2D eigenvalue weighted by Gasteiger charge is 2.06. The lowest BCUT2D eigenvalue weighted by molar-refractivity contribution is 0.844. The third kappa shape index (κ3) is 2.60. The zero-order valence-corrected chi connectivity index (χ0v) is 11.1. The minimum atomic E-state index is 0.673. The van der Waals surface area contributed by atoms with Gasteiger partial charge >= 0.3 is 0 Å². The zero-order valence-electron chi connectivity index (χ0n) is 10.3. The molecule has 0 aliphatic carbocycles. The molecule has 0 aliphatic heterocycles. The minimum absolute atomic E-state index is 0.673. The van der Waals surface area contributed by atoms with Gasteiger partial charge in [0.05, 0.1) is 12.2 Å². The summed E-state index contributed by atoms with van der Waals surface area (Å²) in [7, 11) is 0. The quantitative estimate of drug-likeness (QED) is 0.787. The van der Waals surface area contributed by atoms with Gasteiger partial charge in [0.15, 0.2) is 5.82 Å². The number of nitrogens with zero attached hydrogens (tertiary/aromatic N) is 5. The van der Waals surface area contributed by atoms with Gasteiger partial charge < -0.3 is 5.32 Å². The van der Waals surface area contributed by atoms with Crippen molar-refractivity contribution in [2.45, 2.75) is 13.5 Å². The van der Waals surface area contributed by atoms with E-state index < -0.39 is 0 Å². The topological polar surface area (TPSA) is 68.5 Å². The Morgan fingerprint density at radius 3 is 3.11 bits per heavy atom. The molecule has 96 valence electrons. The molecule has 0 bridgehead atoms. The Morgan fingerprint density at radius 2 is 2.37 bits per heavy atom. The second-order valence-corrected chi connectivity index (χ2v) is 4.89. The van der Waals surface area contributed by atoms with Crippen LogP contribution in [0.5, 0.6) is 0 Å². The number of hydrogen-bond donors (Lipinski definition) is 1. The minimum Gasteiger partial charge on any atom is -0.375 e. The van der Waals surface area contributed by atoms with Crippen molar-refractivity contribution in [1.82, 2.24) is 24.7 Å². The maximum absolute atomic E-state index is 4.42. The van der Waals surface area contributed by atoms with Crippen molar-refractivity contribution in [3.63, 3.8) is 0 Å². The molecule has 6 nitrogen and oxygen atoms in total. The van der Waals surface area contributed by atoms with E-state index in [2.05, 4.69) is 25.4 Å². The summed E-state index contributed by atoms with van der Waals surface area (Å²) in [5.41, 5.74) is 1.95. The second-order valence-electron chi connectivity index (χ2n) is 3.95. The third-order valence-electron chi connectivity index (χ3n) is 2.52. The average molecular weight is 272 g/mol. The molecular formula is C12H12N6S. The number of aromatic nitrogens is 5. The van der Waals surface area contributed by atoms with Crippen LogP contribution in [-0.4, -0.2) is 24.7 Å². The van der Waals surface area contributed by atoms with Crippen LogP contribution in [-0.2, 0) is 6.54 Å². The molecule has 1 N–H and O–H groups in total. The fourth-order valence-electron chi connectivity index (χ4n) is 1.69. The molecular weight excluding hydrogens is 260 g/mol. The summed E-state index contributed by atoms with van der Waals surface area (Å²) in [6, 6.07) is 3.85. The second kappa shape index (κ2) is 5.15. The largest absolute Gasteiger partial charge is 0.375 e. The summed E-state index contributed by atoms with van der Waals surface area (Å²) in [5.74, 6) is 0.730. The first-order valence-electron chi connectivity index (χ1n) is 5.78. The summed E-state index contributed by atoms with van der Waals surface area (Å²) in [6.07, 6.45) is 4.85. The van der Waals surface area contributed by atoms with Crippen LogP contribution in [0.3, 0.4) is 0 Å². The van der Waals surface area contributed by atoms with Crippen LogP contribution in [0.1, 0.15) is 10.7 Å². The number of thiazole rings is 1. The molecule has 0 radical (unpaired) electrons. The molecule has 3 aromatic rings. The van der Waals surface area contributed by atoms with Crippen LogP contribution < -0.4 is 5.32 Å². The van der Waals surface area contributed by atoms with Gasteiger partial charge in [0.1, 0.15) is 17.7 Å². The molecule has 0 spiro atoms. The molecule has 0 aliphatic rings. The summed E-state index contributed by atoms with van der Waals surface area (Å²) in [5, 5.41) is 10.5. The Balaban J connectivity index is 1.81. The van der Waals surface area contributed by atoms with Gasteiger partial charge in [-0.3, -0.25) is 0 Å². The highest BCUT2D eigenvalue weighted by Crippen LogP contribution is 2.17. The van der Waals surface area contributed by atoms with E-state index in [1.165, 1.54) is 6.33 Å². The number of rotatable bonds is 4. The Morgan fingerprint density at radius 1 is 1.42 bits per heavy atom. The lowest BCUT2D eigenvalue weighted by atomic mass is 10.4. The van der Waals surface area contributed by atoms with Gasteiger partial charge in [0.2, 0.25) is 0 Å². The Labute approximate surface area is 114 Å². The molecule has 3 aromatic heterocycles. The number of hydrogen-bond acceptors (Lipinski definition) is 6. The van der Waals surface area contributed by atoms with Gasteiger partial charge in [-0.2, -0.15) is 5.10 Å². The maximum atomic E-state index is 4.42. The lowest BCUT2D eigenvalue weighted by Gasteiger charge is -2.09. The summed E-state index contributed by atoms with van der Waals surface area (Å²) in [4.78, 5) is 12.7. The van der Waals surface area contributed by atoms with Crippen molar-refractivity contribution in [3.8, 4) is 5.82 Å². The predicted octanol–water partition coefficient (Wildman–Crippen LogP) is 2.04. The fraction of sp³-hybridized carbons (Fsp3) is 0.167.